The molecule has 0 fully saturated rings. The first-order chi connectivity index (χ1) is 6.72. The summed E-state index contributed by atoms with van der Waals surface area (Å²) in [5.41, 5.74) is 0.339. The van der Waals surface area contributed by atoms with E-state index in [-0.39, 0.29) is 17.6 Å². The predicted octanol–water partition coefficient (Wildman–Crippen LogP) is 1.33. The SMILES string of the molecule is CCC1C=C2C(=O)N=NC=C2OC1=O. The van der Waals surface area contributed by atoms with E-state index < -0.39 is 5.91 Å². The molecule has 0 saturated heterocycles. The van der Waals surface area contributed by atoms with Gasteiger partial charge in [-0.1, -0.05) is 13.0 Å². The maximum absolute atomic E-state index is 11.3. The highest BCUT2D eigenvalue weighted by molar-refractivity contribution is 6.00. The molecule has 0 N–H and O–H groups in total. The van der Waals surface area contributed by atoms with E-state index in [1.54, 1.807) is 6.08 Å². The molecule has 0 bridgehead atoms. The van der Waals surface area contributed by atoms with Gasteiger partial charge in [0.2, 0.25) is 0 Å². The summed E-state index contributed by atoms with van der Waals surface area (Å²) in [6.07, 6.45) is 3.48. The van der Waals surface area contributed by atoms with E-state index in [1.807, 2.05) is 6.92 Å². The topological polar surface area (TPSA) is 68.1 Å². The van der Waals surface area contributed by atoms with Gasteiger partial charge >= 0.3 is 5.97 Å². The van der Waals surface area contributed by atoms with Crippen molar-refractivity contribution in [2.45, 2.75) is 13.3 Å². The zero-order valence-electron chi connectivity index (χ0n) is 7.56. The van der Waals surface area contributed by atoms with E-state index in [0.717, 1.165) is 0 Å². The fraction of sp³-hybridized carbons (Fsp3) is 0.333. The maximum atomic E-state index is 11.3. The summed E-state index contributed by atoms with van der Waals surface area (Å²) in [6.45, 7) is 1.85. The smallest absolute Gasteiger partial charge is 0.318 e. The van der Waals surface area contributed by atoms with Crippen molar-refractivity contribution in [2.24, 2.45) is 16.1 Å². The molecular formula is C9H8N2O3. The van der Waals surface area contributed by atoms with Gasteiger partial charge in [-0.3, -0.25) is 9.59 Å². The molecule has 2 heterocycles. The number of amides is 1. The van der Waals surface area contributed by atoms with Gasteiger partial charge in [-0.25, -0.2) is 0 Å². The summed E-state index contributed by atoms with van der Waals surface area (Å²) < 4.78 is 4.94. The molecule has 5 heteroatoms. The zero-order chi connectivity index (χ0) is 10.1. The fourth-order valence-electron chi connectivity index (χ4n) is 1.34. The van der Waals surface area contributed by atoms with E-state index in [9.17, 15) is 9.59 Å². The van der Waals surface area contributed by atoms with Crippen LogP contribution in [0, 0.1) is 5.92 Å². The van der Waals surface area contributed by atoms with E-state index >= 15 is 0 Å². The van der Waals surface area contributed by atoms with Crippen molar-refractivity contribution in [3.05, 3.63) is 23.6 Å². The molecule has 0 aromatic carbocycles. The van der Waals surface area contributed by atoms with Gasteiger partial charge in [0.1, 0.15) is 0 Å². The Hall–Kier alpha value is -1.78. The lowest BCUT2D eigenvalue weighted by atomic mass is 9.99. The predicted molar refractivity (Wildman–Crippen MR) is 45.9 cm³/mol. The van der Waals surface area contributed by atoms with Crippen LogP contribution in [0.15, 0.2) is 33.8 Å². The normalized spacial score (nSPS) is 25.1. The van der Waals surface area contributed by atoms with Crippen molar-refractivity contribution in [3.63, 3.8) is 0 Å². The van der Waals surface area contributed by atoms with Crippen LogP contribution in [0.25, 0.3) is 0 Å². The van der Waals surface area contributed by atoms with Crippen LogP contribution in [0.2, 0.25) is 0 Å². The summed E-state index contributed by atoms with van der Waals surface area (Å²) in [7, 11) is 0. The molecule has 0 saturated carbocycles. The average Bonchev–Trinajstić information content (AvgIpc) is 2.17. The molecule has 1 unspecified atom stereocenters. The molecule has 14 heavy (non-hydrogen) atoms. The number of hydrogen-bond donors (Lipinski definition) is 0. The minimum absolute atomic E-state index is 0.208. The van der Waals surface area contributed by atoms with Crippen molar-refractivity contribution >= 4 is 11.9 Å². The van der Waals surface area contributed by atoms with Crippen molar-refractivity contribution in [1.82, 2.24) is 0 Å². The molecule has 2 aliphatic rings. The van der Waals surface area contributed by atoms with Crippen LogP contribution in [0.5, 0.6) is 0 Å². The second-order valence-corrected chi connectivity index (χ2v) is 3.03. The quantitative estimate of drug-likeness (QED) is 0.588. The van der Waals surface area contributed by atoms with Crippen molar-refractivity contribution in [2.75, 3.05) is 0 Å². The number of carbonyl (C=O) groups is 2. The van der Waals surface area contributed by atoms with E-state index in [1.165, 1.54) is 6.20 Å². The molecule has 5 nitrogen and oxygen atoms in total. The van der Waals surface area contributed by atoms with Gasteiger partial charge in [-0.2, -0.15) is 5.11 Å². The fourth-order valence-corrected chi connectivity index (χ4v) is 1.34. The minimum Gasteiger partial charge on any atom is -0.424 e. The number of azo groups is 1. The molecule has 0 aliphatic carbocycles. The number of esters is 1. The molecule has 72 valence electrons. The highest BCUT2D eigenvalue weighted by atomic mass is 16.5. The van der Waals surface area contributed by atoms with Gasteiger partial charge in [-0.15, -0.1) is 5.11 Å². The monoisotopic (exact) mass is 192 g/mol. The van der Waals surface area contributed by atoms with Crippen LogP contribution in [0.3, 0.4) is 0 Å². The molecular weight excluding hydrogens is 184 g/mol. The van der Waals surface area contributed by atoms with Crippen LogP contribution in [0.1, 0.15) is 13.3 Å². The van der Waals surface area contributed by atoms with Crippen molar-refractivity contribution in [1.29, 1.82) is 0 Å². The molecule has 2 aliphatic heterocycles. The first kappa shape index (κ1) is 8.80. The van der Waals surface area contributed by atoms with Gasteiger partial charge < -0.3 is 4.74 Å². The lowest BCUT2D eigenvalue weighted by molar-refractivity contribution is -0.143. The maximum Gasteiger partial charge on any atom is 0.318 e. The summed E-state index contributed by atoms with van der Waals surface area (Å²) in [5, 5.41) is 6.78. The third kappa shape index (κ3) is 1.26. The molecule has 1 amide bonds. The number of fused-ring (bicyclic) bond motifs is 1. The Kier molecular flexibility index (Phi) is 1.99. The zero-order valence-corrected chi connectivity index (χ0v) is 7.56. The van der Waals surface area contributed by atoms with E-state index in [4.69, 9.17) is 4.74 Å². The highest BCUT2D eigenvalue weighted by Gasteiger charge is 2.31. The van der Waals surface area contributed by atoms with E-state index in [2.05, 4.69) is 10.2 Å². The Balaban J connectivity index is 2.42. The Bertz CT molecular complexity index is 393. The third-order valence-corrected chi connectivity index (χ3v) is 2.14. The Morgan fingerprint density at radius 2 is 2.29 bits per heavy atom. The molecule has 0 spiro atoms. The van der Waals surface area contributed by atoms with Crippen LogP contribution < -0.4 is 0 Å². The average molecular weight is 192 g/mol. The number of ether oxygens (including phenoxy) is 1. The van der Waals surface area contributed by atoms with Gasteiger partial charge in [-0.05, 0) is 6.42 Å². The second kappa shape index (κ2) is 3.17. The summed E-state index contributed by atoms with van der Waals surface area (Å²) in [4.78, 5) is 22.5. The number of carbonyl (C=O) groups excluding carboxylic acids is 2. The number of rotatable bonds is 1. The summed E-state index contributed by atoms with van der Waals surface area (Å²) in [5.74, 6) is -0.931. The highest BCUT2D eigenvalue weighted by Crippen LogP contribution is 2.27. The lowest BCUT2D eigenvalue weighted by Gasteiger charge is -2.20. The van der Waals surface area contributed by atoms with Crippen LogP contribution in [-0.2, 0) is 14.3 Å². The first-order valence-electron chi connectivity index (χ1n) is 4.31. The molecule has 0 radical (unpaired) electrons. The van der Waals surface area contributed by atoms with Crippen LogP contribution >= 0.6 is 0 Å². The Labute approximate surface area is 80.2 Å². The number of nitrogens with zero attached hydrogens (tertiary/aromatic N) is 2. The Morgan fingerprint density at radius 1 is 1.50 bits per heavy atom. The summed E-state index contributed by atoms with van der Waals surface area (Å²) in [6, 6.07) is 0. The molecule has 2 rings (SSSR count). The van der Waals surface area contributed by atoms with Crippen molar-refractivity contribution in [3.8, 4) is 0 Å². The van der Waals surface area contributed by atoms with Gasteiger partial charge in [0.05, 0.1) is 17.7 Å². The van der Waals surface area contributed by atoms with Gasteiger partial charge in [0.15, 0.2) is 5.76 Å². The number of hydrogen-bond acceptors (Lipinski definition) is 4. The van der Waals surface area contributed by atoms with Crippen LogP contribution in [0.4, 0.5) is 0 Å². The lowest BCUT2D eigenvalue weighted by Crippen LogP contribution is -2.24. The standard InChI is InChI=1S/C9H8N2O3/c1-2-5-3-6-7(14-9(5)13)4-10-11-8(6)12/h3-5H,2H2,1H3. The molecule has 1 atom stereocenters. The molecule has 0 aromatic heterocycles. The second-order valence-electron chi connectivity index (χ2n) is 3.03. The van der Waals surface area contributed by atoms with Gasteiger partial charge in [0, 0.05) is 0 Å². The summed E-state index contributed by atoms with van der Waals surface area (Å²) >= 11 is 0. The molecule has 0 aromatic rings. The van der Waals surface area contributed by atoms with Gasteiger partial charge in [0.25, 0.3) is 5.91 Å². The van der Waals surface area contributed by atoms with Crippen LogP contribution in [-0.4, -0.2) is 11.9 Å². The first-order valence-corrected chi connectivity index (χ1v) is 4.31. The van der Waals surface area contributed by atoms with Crippen molar-refractivity contribution < 1.29 is 14.3 Å². The van der Waals surface area contributed by atoms with E-state index in [0.29, 0.717) is 12.0 Å². The largest absolute Gasteiger partial charge is 0.424 e. The minimum atomic E-state index is -0.451. The third-order valence-electron chi connectivity index (χ3n) is 2.14. The Morgan fingerprint density at radius 3 is 3.00 bits per heavy atom.